The van der Waals surface area contributed by atoms with Gasteiger partial charge in [-0.15, -0.1) is 0 Å². The minimum absolute atomic E-state index is 0.0485. The highest BCUT2D eigenvalue weighted by molar-refractivity contribution is 6.13. The first kappa shape index (κ1) is 40.1. The van der Waals surface area contributed by atoms with Crippen LogP contribution in [0.4, 0.5) is 13.2 Å². The Morgan fingerprint density at radius 3 is 1.01 bits per heavy atom. The number of benzene rings is 6. The molecule has 0 radical (unpaired) electrons. The zero-order valence-corrected chi connectivity index (χ0v) is 35.4. The van der Waals surface area contributed by atoms with Gasteiger partial charge in [-0.3, -0.25) is 0 Å². The molecule has 0 aliphatic carbocycles. The molecule has 68 heavy (non-hydrogen) atoms. The molecule has 0 saturated carbocycles. The number of aromatic nitrogens is 10. The van der Waals surface area contributed by atoms with Crippen LogP contribution in [0, 0.1) is 11.3 Å². The van der Waals surface area contributed by atoms with Gasteiger partial charge in [-0.05, 0) is 126 Å². The van der Waals surface area contributed by atoms with Gasteiger partial charge in [0, 0.05) is 93.4 Å². The number of hydrogen-bond acceptors (Lipinski definition) is 9. The van der Waals surface area contributed by atoms with Crippen LogP contribution in [0.15, 0.2) is 183 Å². The van der Waals surface area contributed by atoms with E-state index in [1.807, 2.05) is 81.9 Å². The highest BCUT2D eigenvalue weighted by atomic mass is 19.4. The third-order valence-corrected chi connectivity index (χ3v) is 12.1. The normalized spacial score (nSPS) is 11.7. The number of nitrogens with zero attached hydrogens (tertiary/aromatic N) is 11. The largest absolute Gasteiger partial charge is 0.417 e. The molecule has 0 saturated heterocycles. The lowest BCUT2D eigenvalue weighted by molar-refractivity contribution is -0.137. The molecule has 0 fully saturated rings. The van der Waals surface area contributed by atoms with Gasteiger partial charge in [-0.25, -0.2) is 39.9 Å². The van der Waals surface area contributed by atoms with Crippen molar-refractivity contribution in [1.29, 1.82) is 5.26 Å². The SMILES string of the molecule is N#Cc1c(-n2c3ccc(-c4ncccn4)cc3c3cc(-c4ncccn4)ccc32)cc(-c2ccccc2C(F)(F)F)cc1-n1c2ccc(-c3ncccn3)cc2c2cc(-c3ncccn3)ccc21. The lowest BCUT2D eigenvalue weighted by atomic mass is 9.96. The Hall–Kier alpha value is -9.48. The van der Waals surface area contributed by atoms with Gasteiger partial charge in [-0.1, -0.05) is 18.2 Å². The van der Waals surface area contributed by atoms with Gasteiger partial charge in [-0.2, -0.15) is 18.4 Å². The zero-order chi connectivity index (χ0) is 45.9. The summed E-state index contributed by atoms with van der Waals surface area (Å²) in [6.45, 7) is 0. The predicted molar refractivity (Wildman–Crippen MR) is 254 cm³/mol. The average molecular weight is 890 g/mol. The highest BCUT2D eigenvalue weighted by Gasteiger charge is 2.34. The first-order valence-corrected chi connectivity index (χ1v) is 21.3. The standard InChI is InChI=1S/C54H30F3N11/c55-54(56,57)43-8-2-1-7-37(43)36-29-48(67-44-13-9-32(50-59-17-3-18-60-50)25-38(44)39-26-33(10-14-45(39)67)51-61-19-4-20-62-51)42(31-58)49(30-36)68-46-15-11-34(52-63-21-5-22-64-52)27-40(46)41-28-35(12-16-47(41)68)53-65-23-6-24-66-53/h1-30H. The van der Waals surface area contributed by atoms with Crippen LogP contribution in [0.25, 0.3) is 112 Å². The van der Waals surface area contributed by atoms with Crippen molar-refractivity contribution in [2.45, 2.75) is 6.18 Å². The predicted octanol–water partition coefficient (Wildman–Crippen LogP) is 12.3. The number of nitriles is 1. The summed E-state index contributed by atoms with van der Waals surface area (Å²) in [5, 5.41) is 14.7. The van der Waals surface area contributed by atoms with Gasteiger partial charge < -0.3 is 9.13 Å². The molecule has 6 aromatic carbocycles. The smallest absolute Gasteiger partial charge is 0.308 e. The summed E-state index contributed by atoms with van der Waals surface area (Å²) >= 11 is 0. The molecule has 0 aliphatic rings. The third kappa shape index (κ3) is 6.68. The second kappa shape index (κ2) is 15.9. The Balaban J connectivity index is 1.20. The molecule has 12 aromatic rings. The fraction of sp³-hybridized carbons (Fsp3) is 0.0185. The van der Waals surface area contributed by atoms with Gasteiger partial charge in [0.05, 0.1) is 39.0 Å². The first-order valence-electron chi connectivity index (χ1n) is 21.3. The first-order chi connectivity index (χ1) is 33.3. The van der Waals surface area contributed by atoms with Crippen LogP contribution >= 0.6 is 0 Å². The molecular formula is C54H30F3N11. The minimum atomic E-state index is -4.69. The van der Waals surface area contributed by atoms with Crippen LogP contribution in [0.2, 0.25) is 0 Å². The van der Waals surface area contributed by atoms with Crippen molar-refractivity contribution >= 4 is 43.6 Å². The van der Waals surface area contributed by atoms with E-state index < -0.39 is 11.7 Å². The Kier molecular flexibility index (Phi) is 9.36. The zero-order valence-electron chi connectivity index (χ0n) is 35.4. The second-order valence-electron chi connectivity index (χ2n) is 15.9. The van der Waals surface area contributed by atoms with Crippen LogP contribution in [0.5, 0.6) is 0 Å². The summed E-state index contributed by atoms with van der Waals surface area (Å²) < 4.78 is 49.1. The Bertz CT molecular complexity index is 3550. The molecule has 0 aliphatic heterocycles. The van der Waals surface area contributed by atoms with Crippen LogP contribution in [-0.2, 0) is 6.18 Å². The van der Waals surface area contributed by atoms with Crippen LogP contribution in [0.3, 0.4) is 0 Å². The Morgan fingerprint density at radius 2 is 0.706 bits per heavy atom. The number of rotatable bonds is 7. The maximum absolute atomic E-state index is 15.1. The molecule has 11 nitrogen and oxygen atoms in total. The van der Waals surface area contributed by atoms with Gasteiger partial charge in [0.1, 0.15) is 11.6 Å². The topological polar surface area (TPSA) is 137 Å². The van der Waals surface area contributed by atoms with Crippen molar-refractivity contribution < 1.29 is 13.2 Å². The van der Waals surface area contributed by atoms with Crippen molar-refractivity contribution in [1.82, 2.24) is 49.0 Å². The molecule has 0 bridgehead atoms. The summed E-state index contributed by atoms with van der Waals surface area (Å²) in [5.41, 5.74) is 6.09. The van der Waals surface area contributed by atoms with Crippen LogP contribution in [-0.4, -0.2) is 49.0 Å². The Morgan fingerprint density at radius 1 is 0.382 bits per heavy atom. The van der Waals surface area contributed by atoms with E-state index in [0.717, 1.165) is 49.9 Å². The monoisotopic (exact) mass is 889 g/mol. The van der Waals surface area contributed by atoms with Gasteiger partial charge in [0.2, 0.25) is 0 Å². The number of alkyl halides is 3. The summed E-state index contributed by atoms with van der Waals surface area (Å²) in [6, 6.07) is 41.7. The van der Waals surface area contributed by atoms with Gasteiger partial charge in [0.25, 0.3) is 0 Å². The summed E-state index contributed by atoms with van der Waals surface area (Å²) in [4.78, 5) is 36.1. The number of halogens is 3. The molecule has 6 aromatic heterocycles. The molecule has 0 amide bonds. The molecule has 322 valence electrons. The van der Waals surface area contributed by atoms with E-state index in [1.165, 1.54) is 12.1 Å². The van der Waals surface area contributed by atoms with E-state index in [-0.39, 0.29) is 16.7 Å². The van der Waals surface area contributed by atoms with E-state index in [0.29, 0.717) is 56.7 Å². The maximum Gasteiger partial charge on any atom is 0.417 e. The fourth-order valence-electron chi connectivity index (χ4n) is 9.13. The molecular weight excluding hydrogens is 860 g/mol. The number of hydrogen-bond donors (Lipinski definition) is 0. The molecule has 12 rings (SSSR count). The number of fused-ring (bicyclic) bond motifs is 6. The lowest BCUT2D eigenvalue weighted by Gasteiger charge is -2.20. The average Bonchev–Trinajstić information content (AvgIpc) is 3.90. The fourth-order valence-corrected chi connectivity index (χ4v) is 9.13. The second-order valence-corrected chi connectivity index (χ2v) is 15.9. The molecule has 0 unspecified atom stereocenters. The quantitative estimate of drug-likeness (QED) is 0.153. The van der Waals surface area contributed by atoms with Crippen molar-refractivity contribution in [3.63, 3.8) is 0 Å². The molecule has 14 heteroatoms. The maximum atomic E-state index is 15.1. The van der Waals surface area contributed by atoms with Crippen LogP contribution < -0.4 is 0 Å². The summed E-state index contributed by atoms with van der Waals surface area (Å²) in [5.74, 6) is 2.05. The van der Waals surface area contributed by atoms with E-state index in [4.69, 9.17) is 0 Å². The molecule has 0 atom stereocenters. The summed E-state index contributed by atoms with van der Waals surface area (Å²) in [7, 11) is 0. The molecule has 0 N–H and O–H groups in total. The van der Waals surface area contributed by atoms with Gasteiger partial charge in [0.15, 0.2) is 23.3 Å². The van der Waals surface area contributed by atoms with E-state index in [9.17, 15) is 5.26 Å². The highest BCUT2D eigenvalue weighted by Crippen LogP contribution is 2.44. The lowest BCUT2D eigenvalue weighted by Crippen LogP contribution is -2.09. The van der Waals surface area contributed by atoms with Crippen LogP contribution in [0.1, 0.15) is 11.1 Å². The van der Waals surface area contributed by atoms with Crippen molar-refractivity contribution in [3.8, 4) is 74.1 Å². The van der Waals surface area contributed by atoms with E-state index in [2.05, 4.69) is 45.9 Å². The van der Waals surface area contributed by atoms with Crippen molar-refractivity contribution in [3.05, 3.63) is 194 Å². The van der Waals surface area contributed by atoms with Crippen molar-refractivity contribution in [2.75, 3.05) is 0 Å². The van der Waals surface area contributed by atoms with Gasteiger partial charge >= 0.3 is 6.18 Å². The Labute approximate surface area is 384 Å². The minimum Gasteiger partial charge on any atom is -0.308 e. The molecule has 0 spiro atoms. The van der Waals surface area contributed by atoms with E-state index >= 15 is 13.2 Å². The van der Waals surface area contributed by atoms with Crippen molar-refractivity contribution in [2.24, 2.45) is 0 Å². The summed E-state index contributed by atoms with van der Waals surface area (Å²) in [6.07, 6.45) is 8.70. The molecule has 6 heterocycles. The van der Waals surface area contributed by atoms with E-state index in [1.54, 1.807) is 92.0 Å². The third-order valence-electron chi connectivity index (χ3n) is 12.1.